The summed E-state index contributed by atoms with van der Waals surface area (Å²) in [7, 11) is 0. The fourth-order valence-corrected chi connectivity index (χ4v) is 15.9. The molecule has 4 aliphatic rings. The molecule has 0 saturated carbocycles. The zero-order chi connectivity index (χ0) is 63.9. The normalized spacial score (nSPS) is 12.7. The molecule has 4 aliphatic heterocycles. The molecule has 0 saturated heterocycles. The second kappa shape index (κ2) is 23.2. The third kappa shape index (κ3) is 9.26. The summed E-state index contributed by atoms with van der Waals surface area (Å²) in [6.45, 7) is -0.454. The van der Waals surface area contributed by atoms with E-state index < -0.39 is 0 Å². The first-order chi connectivity index (χ1) is 48.2. The van der Waals surface area contributed by atoms with Crippen LogP contribution in [0.4, 0.5) is 68.2 Å². The number of hydrogen-bond donors (Lipinski definition) is 0. The molecule has 97 heavy (non-hydrogen) atoms. The summed E-state index contributed by atoms with van der Waals surface area (Å²) in [5, 5.41) is 0. The van der Waals surface area contributed by atoms with Gasteiger partial charge >= 0.3 is 0 Å². The predicted molar refractivity (Wildman–Crippen MR) is 408 cm³/mol. The van der Waals surface area contributed by atoms with Crippen molar-refractivity contribution in [3.63, 3.8) is 0 Å². The Morgan fingerprint density at radius 2 is 0.588 bits per heavy atom. The van der Waals surface area contributed by atoms with Crippen LogP contribution in [0.25, 0.3) is 55.6 Å². The molecule has 5 nitrogen and oxygen atoms in total. The Bertz CT molecular complexity index is 5500. The van der Waals surface area contributed by atoms with Crippen molar-refractivity contribution >= 4 is 114 Å². The number of benzene rings is 15. The lowest BCUT2D eigenvalue weighted by Crippen LogP contribution is -2.64. The van der Waals surface area contributed by atoms with Crippen molar-refractivity contribution < 1.29 is 4.74 Å². The average Bonchev–Trinajstić information content (AvgIpc) is 0.691. The molecule has 0 aliphatic carbocycles. The summed E-state index contributed by atoms with van der Waals surface area (Å²) in [6, 6.07) is 134. The van der Waals surface area contributed by atoms with Gasteiger partial charge in [0.25, 0.3) is 13.4 Å². The van der Waals surface area contributed by atoms with Crippen molar-refractivity contribution in [2.75, 3.05) is 19.6 Å². The lowest BCUT2D eigenvalue weighted by atomic mass is 9.30. The smallest absolute Gasteiger partial charge is 0.256 e. The summed E-state index contributed by atoms with van der Waals surface area (Å²) in [6.07, 6.45) is 0. The van der Waals surface area contributed by atoms with Crippen LogP contribution in [0, 0.1) is 0 Å². The van der Waals surface area contributed by atoms with Gasteiger partial charge in [-0.25, -0.2) is 0 Å². The van der Waals surface area contributed by atoms with Gasteiger partial charge in [-0.1, -0.05) is 273 Å². The van der Waals surface area contributed by atoms with Gasteiger partial charge in [-0.15, -0.1) is 0 Å². The largest absolute Gasteiger partial charge is 0.458 e. The zero-order valence-electron chi connectivity index (χ0n) is 53.0. The third-order valence-corrected chi connectivity index (χ3v) is 20.0. The van der Waals surface area contributed by atoms with Crippen LogP contribution in [0.2, 0.25) is 0 Å². The van der Waals surface area contributed by atoms with E-state index in [9.17, 15) is 0 Å². The third-order valence-electron chi connectivity index (χ3n) is 20.0. The number of para-hydroxylation sites is 7. The molecule has 0 fully saturated rings. The molecule has 452 valence electrons. The monoisotopic (exact) mass is 1230 g/mol. The highest BCUT2D eigenvalue weighted by molar-refractivity contribution is 7.02. The highest BCUT2D eigenvalue weighted by Crippen LogP contribution is 2.54. The van der Waals surface area contributed by atoms with Crippen LogP contribution in [0.3, 0.4) is 0 Å². The fraction of sp³-hybridized carbons (Fsp3) is 0. The molecule has 0 unspecified atom stereocenters. The molecule has 0 spiro atoms. The van der Waals surface area contributed by atoms with E-state index in [0.717, 1.165) is 141 Å². The molecule has 0 amide bonds. The minimum Gasteiger partial charge on any atom is -0.458 e. The summed E-state index contributed by atoms with van der Waals surface area (Å²) in [5.41, 5.74) is 31.4. The maximum absolute atomic E-state index is 7.36. The van der Waals surface area contributed by atoms with Gasteiger partial charge in [0.2, 0.25) is 0 Å². The maximum Gasteiger partial charge on any atom is 0.256 e. The van der Waals surface area contributed by atoms with Crippen molar-refractivity contribution in [3.05, 3.63) is 364 Å². The molecule has 19 rings (SSSR count). The SMILES string of the molecule is c1ccc(-c2cccc(-c3cc4c5c(c3)N(c3ccccc3-c3ccccc3)c3cc6c(cc3B5c3ccccc3O4)B3c4ccccc4N(c4ccccc4-c4ccccc4)c4cc(N(c5ccccc5)c5ccccc5)cc(c43)N6c3ccccc3-c3ccccc3)c2)cc1. The molecule has 15 aromatic carbocycles. The number of fused-ring (bicyclic) bond motifs is 8. The highest BCUT2D eigenvalue weighted by atomic mass is 16.5. The second-order valence-electron chi connectivity index (χ2n) is 25.4. The number of hydrogen-bond acceptors (Lipinski definition) is 5. The summed E-state index contributed by atoms with van der Waals surface area (Å²) >= 11 is 0. The molecule has 7 heteroatoms. The van der Waals surface area contributed by atoms with E-state index in [-0.39, 0.29) is 13.4 Å². The van der Waals surface area contributed by atoms with Crippen molar-refractivity contribution in [1.29, 1.82) is 0 Å². The molecule has 15 aromatic rings. The number of ether oxygens (including phenoxy) is 1. The van der Waals surface area contributed by atoms with Crippen LogP contribution in [-0.4, -0.2) is 13.4 Å². The Kier molecular flexibility index (Phi) is 13.4. The van der Waals surface area contributed by atoms with Gasteiger partial charge in [-0.3, -0.25) is 0 Å². The molecule has 0 atom stereocenters. The van der Waals surface area contributed by atoms with E-state index in [1.165, 1.54) is 27.4 Å². The molecule has 0 radical (unpaired) electrons. The van der Waals surface area contributed by atoms with Gasteiger partial charge in [0, 0.05) is 62.2 Å². The predicted octanol–water partition coefficient (Wildman–Crippen LogP) is 20.0. The van der Waals surface area contributed by atoms with Gasteiger partial charge < -0.3 is 24.3 Å². The second-order valence-corrected chi connectivity index (χ2v) is 25.4. The molecule has 4 heterocycles. The Morgan fingerprint density at radius 3 is 1.10 bits per heavy atom. The Balaban J connectivity index is 0.953. The van der Waals surface area contributed by atoms with Crippen molar-refractivity contribution in [1.82, 2.24) is 0 Å². The lowest BCUT2D eigenvalue weighted by molar-refractivity contribution is 0.488. The van der Waals surface area contributed by atoms with Crippen LogP contribution in [0.1, 0.15) is 0 Å². The van der Waals surface area contributed by atoms with Crippen LogP contribution in [0.5, 0.6) is 11.5 Å². The average molecular weight is 1240 g/mol. The van der Waals surface area contributed by atoms with E-state index in [4.69, 9.17) is 4.74 Å². The first kappa shape index (κ1) is 56.0. The van der Waals surface area contributed by atoms with E-state index in [2.05, 4.69) is 384 Å². The minimum atomic E-state index is -0.238. The zero-order valence-corrected chi connectivity index (χ0v) is 53.0. The van der Waals surface area contributed by atoms with Crippen LogP contribution >= 0.6 is 0 Å². The number of rotatable bonds is 11. The molecular formula is C90H60B2N4O. The first-order valence-electron chi connectivity index (χ1n) is 33.5. The van der Waals surface area contributed by atoms with E-state index in [0.29, 0.717) is 0 Å². The molecule has 0 N–H and O–H groups in total. The Labute approximate surface area is 566 Å². The standard InChI is InChI=1S/C90H60B2N4O/c1-7-30-61(31-8-1)65-38-29-39-66(54-65)67-55-84-90-88(56-67)97-87-53-28-23-48-75(87)92(90)77-59-76-82(60-83(77)95(84)79-50-25-20-45-72(79)63-34-11-3-12-35-63)96(80-51-26-21-46-73(80)64-36-13-4-14-37-64)86-58-70(93(68-40-15-5-16-41-68)69-42-17-6-18-43-69)57-85-89(86)91(76)74-47-22-27-52-81(74)94(85)78-49-24-19-44-71(78)62-32-9-2-10-33-62/h1-60H. The quantitative estimate of drug-likeness (QED) is 0.120. The Morgan fingerprint density at radius 1 is 0.206 bits per heavy atom. The topological polar surface area (TPSA) is 22.2 Å². The van der Waals surface area contributed by atoms with Gasteiger partial charge in [-0.2, -0.15) is 0 Å². The summed E-state index contributed by atoms with van der Waals surface area (Å²) < 4.78 is 7.36. The summed E-state index contributed by atoms with van der Waals surface area (Å²) in [4.78, 5) is 10.2. The highest BCUT2D eigenvalue weighted by Gasteiger charge is 2.49. The molecule has 0 bridgehead atoms. The fourth-order valence-electron chi connectivity index (χ4n) is 15.9. The van der Waals surface area contributed by atoms with Crippen LogP contribution in [-0.2, 0) is 0 Å². The minimum absolute atomic E-state index is 0.216. The first-order valence-corrected chi connectivity index (χ1v) is 33.5. The van der Waals surface area contributed by atoms with Gasteiger partial charge in [0.1, 0.15) is 11.5 Å². The van der Waals surface area contributed by atoms with Crippen LogP contribution < -0.4 is 57.1 Å². The van der Waals surface area contributed by atoms with Gasteiger partial charge in [0.05, 0.1) is 22.7 Å². The lowest BCUT2D eigenvalue weighted by Gasteiger charge is -2.47. The van der Waals surface area contributed by atoms with E-state index in [1.807, 2.05) is 0 Å². The maximum atomic E-state index is 7.36. The van der Waals surface area contributed by atoms with E-state index >= 15 is 0 Å². The summed E-state index contributed by atoms with van der Waals surface area (Å²) in [5.74, 6) is 1.71. The van der Waals surface area contributed by atoms with Gasteiger partial charge in [-0.05, 0) is 163 Å². The van der Waals surface area contributed by atoms with Crippen molar-refractivity contribution in [2.45, 2.75) is 0 Å². The number of nitrogens with zero attached hydrogens (tertiary/aromatic N) is 4. The van der Waals surface area contributed by atoms with Crippen molar-refractivity contribution in [2.24, 2.45) is 0 Å². The molecule has 0 aromatic heterocycles. The van der Waals surface area contributed by atoms with E-state index in [1.54, 1.807) is 0 Å². The number of anilines is 12. The van der Waals surface area contributed by atoms with Crippen LogP contribution in [0.15, 0.2) is 364 Å². The van der Waals surface area contributed by atoms with Crippen molar-refractivity contribution in [3.8, 4) is 67.1 Å². The Hall–Kier alpha value is -12.6. The molecular weight excluding hydrogens is 1170 g/mol. The van der Waals surface area contributed by atoms with Gasteiger partial charge in [0.15, 0.2) is 0 Å².